The fourth-order valence-corrected chi connectivity index (χ4v) is 2.50. The first-order valence-corrected chi connectivity index (χ1v) is 7.25. The van der Waals surface area contributed by atoms with E-state index in [1.54, 1.807) is 0 Å². The van der Waals surface area contributed by atoms with Gasteiger partial charge >= 0.3 is 0 Å². The second-order valence-corrected chi connectivity index (χ2v) is 4.93. The Morgan fingerprint density at radius 2 is 2.05 bits per heavy atom. The molecule has 0 bridgehead atoms. The van der Waals surface area contributed by atoms with Crippen LogP contribution in [0.2, 0.25) is 0 Å². The minimum Gasteiger partial charge on any atom is -0.396 e. The second-order valence-electron chi connectivity index (χ2n) is 4.93. The lowest BCUT2D eigenvalue weighted by Crippen LogP contribution is -2.12. The van der Waals surface area contributed by atoms with E-state index in [9.17, 15) is 0 Å². The molecule has 0 radical (unpaired) electrons. The summed E-state index contributed by atoms with van der Waals surface area (Å²) < 4.78 is 2.35. The SMILES string of the molecule is CCNCc1cccc2ccn(CCCCCO)c12. The summed E-state index contributed by atoms with van der Waals surface area (Å²) in [4.78, 5) is 0. The highest BCUT2D eigenvalue weighted by Gasteiger charge is 2.05. The predicted octanol–water partition coefficient (Wildman–Crippen LogP) is 2.91. The van der Waals surface area contributed by atoms with E-state index in [1.165, 1.54) is 16.5 Å². The van der Waals surface area contributed by atoms with Gasteiger partial charge in [-0.15, -0.1) is 0 Å². The van der Waals surface area contributed by atoms with Gasteiger partial charge in [0.25, 0.3) is 0 Å². The van der Waals surface area contributed by atoms with Crippen LogP contribution in [-0.4, -0.2) is 22.8 Å². The lowest BCUT2D eigenvalue weighted by molar-refractivity contribution is 0.282. The Bertz CT molecular complexity index is 504. The van der Waals surface area contributed by atoms with E-state index in [1.807, 2.05) is 0 Å². The van der Waals surface area contributed by atoms with E-state index in [0.29, 0.717) is 6.61 Å². The summed E-state index contributed by atoms with van der Waals surface area (Å²) in [7, 11) is 0. The lowest BCUT2D eigenvalue weighted by Gasteiger charge is -2.10. The number of aliphatic hydroxyl groups is 1. The number of hydrogen-bond donors (Lipinski definition) is 2. The molecule has 2 N–H and O–H groups in total. The Kier molecular flexibility index (Phi) is 5.43. The van der Waals surface area contributed by atoms with Gasteiger partial charge in [-0.3, -0.25) is 0 Å². The summed E-state index contributed by atoms with van der Waals surface area (Å²) in [6.07, 6.45) is 5.30. The van der Waals surface area contributed by atoms with E-state index in [4.69, 9.17) is 5.11 Å². The van der Waals surface area contributed by atoms with Gasteiger partial charge in [0.05, 0.1) is 5.52 Å². The van der Waals surface area contributed by atoms with Gasteiger partial charge < -0.3 is 15.0 Å². The molecular formula is C16H24N2O. The molecule has 19 heavy (non-hydrogen) atoms. The topological polar surface area (TPSA) is 37.2 Å². The fraction of sp³-hybridized carbons (Fsp3) is 0.500. The van der Waals surface area contributed by atoms with E-state index in [-0.39, 0.29) is 0 Å². The lowest BCUT2D eigenvalue weighted by atomic mass is 10.1. The normalized spacial score (nSPS) is 11.3. The average Bonchev–Trinajstić information content (AvgIpc) is 2.85. The molecule has 2 rings (SSSR count). The molecule has 0 amide bonds. The van der Waals surface area contributed by atoms with Crippen LogP contribution < -0.4 is 5.32 Å². The quantitative estimate of drug-likeness (QED) is 0.716. The van der Waals surface area contributed by atoms with Gasteiger partial charge in [-0.05, 0) is 42.8 Å². The number of aliphatic hydroxyl groups excluding tert-OH is 1. The molecule has 0 fully saturated rings. The maximum atomic E-state index is 8.82. The van der Waals surface area contributed by atoms with Gasteiger partial charge in [-0.25, -0.2) is 0 Å². The van der Waals surface area contributed by atoms with Gasteiger partial charge in [-0.2, -0.15) is 0 Å². The number of para-hydroxylation sites is 1. The van der Waals surface area contributed by atoms with Crippen molar-refractivity contribution in [1.29, 1.82) is 0 Å². The number of aromatic nitrogens is 1. The van der Waals surface area contributed by atoms with Gasteiger partial charge in [0, 0.05) is 25.9 Å². The Morgan fingerprint density at radius 3 is 2.84 bits per heavy atom. The molecule has 3 nitrogen and oxygen atoms in total. The number of unbranched alkanes of at least 4 members (excludes halogenated alkanes) is 2. The van der Waals surface area contributed by atoms with Crippen molar-refractivity contribution in [2.75, 3.05) is 13.2 Å². The average molecular weight is 260 g/mol. The summed E-state index contributed by atoms with van der Waals surface area (Å²) in [6, 6.07) is 8.70. The Hall–Kier alpha value is -1.32. The van der Waals surface area contributed by atoms with Crippen molar-refractivity contribution in [1.82, 2.24) is 9.88 Å². The van der Waals surface area contributed by atoms with Crippen molar-refractivity contribution in [3.05, 3.63) is 36.0 Å². The van der Waals surface area contributed by atoms with Crippen LogP contribution in [0.5, 0.6) is 0 Å². The smallest absolute Gasteiger partial charge is 0.0525 e. The van der Waals surface area contributed by atoms with Gasteiger partial charge in [0.15, 0.2) is 0 Å². The van der Waals surface area contributed by atoms with Crippen molar-refractivity contribution in [3.63, 3.8) is 0 Å². The first-order valence-electron chi connectivity index (χ1n) is 7.25. The van der Waals surface area contributed by atoms with Crippen LogP contribution in [-0.2, 0) is 13.1 Å². The number of nitrogens with one attached hydrogen (secondary N) is 1. The zero-order chi connectivity index (χ0) is 13.5. The number of rotatable bonds is 8. The molecule has 0 aliphatic carbocycles. The summed E-state index contributed by atoms with van der Waals surface area (Å²) in [5, 5.41) is 13.5. The first-order chi connectivity index (χ1) is 9.36. The molecule has 104 valence electrons. The van der Waals surface area contributed by atoms with E-state index in [0.717, 1.165) is 38.9 Å². The summed E-state index contributed by atoms with van der Waals surface area (Å²) >= 11 is 0. The zero-order valence-electron chi connectivity index (χ0n) is 11.7. The maximum absolute atomic E-state index is 8.82. The number of fused-ring (bicyclic) bond motifs is 1. The van der Waals surface area contributed by atoms with Gasteiger partial charge in [-0.1, -0.05) is 25.1 Å². The van der Waals surface area contributed by atoms with Crippen molar-refractivity contribution in [2.24, 2.45) is 0 Å². The number of hydrogen-bond acceptors (Lipinski definition) is 2. The molecular weight excluding hydrogens is 236 g/mol. The van der Waals surface area contributed by atoms with Gasteiger partial charge in [0.2, 0.25) is 0 Å². The minimum absolute atomic E-state index is 0.304. The summed E-state index contributed by atoms with van der Waals surface area (Å²) in [6.45, 7) is 5.39. The second kappa shape index (κ2) is 7.31. The molecule has 1 heterocycles. The van der Waals surface area contributed by atoms with Crippen LogP contribution in [0.3, 0.4) is 0 Å². The van der Waals surface area contributed by atoms with Crippen LogP contribution in [0.4, 0.5) is 0 Å². The minimum atomic E-state index is 0.304. The molecule has 1 aromatic heterocycles. The van der Waals surface area contributed by atoms with Crippen molar-refractivity contribution < 1.29 is 5.11 Å². The van der Waals surface area contributed by atoms with Crippen molar-refractivity contribution in [3.8, 4) is 0 Å². The largest absolute Gasteiger partial charge is 0.396 e. The van der Waals surface area contributed by atoms with Crippen LogP contribution in [0.25, 0.3) is 10.9 Å². The molecule has 0 atom stereocenters. The third-order valence-corrected chi connectivity index (χ3v) is 3.49. The van der Waals surface area contributed by atoms with Gasteiger partial charge in [0.1, 0.15) is 0 Å². The molecule has 0 spiro atoms. The molecule has 0 aliphatic rings. The van der Waals surface area contributed by atoms with Crippen molar-refractivity contribution >= 4 is 10.9 Å². The molecule has 1 aromatic carbocycles. The number of benzene rings is 1. The molecule has 0 unspecified atom stereocenters. The third kappa shape index (κ3) is 3.58. The third-order valence-electron chi connectivity index (χ3n) is 3.49. The number of nitrogens with zero attached hydrogens (tertiary/aromatic N) is 1. The molecule has 0 aliphatic heterocycles. The Labute approximate surface area is 115 Å². The summed E-state index contributed by atoms with van der Waals surface area (Å²) in [5.41, 5.74) is 2.72. The van der Waals surface area contributed by atoms with E-state index < -0.39 is 0 Å². The van der Waals surface area contributed by atoms with Crippen LogP contribution >= 0.6 is 0 Å². The maximum Gasteiger partial charge on any atom is 0.0525 e. The Morgan fingerprint density at radius 1 is 1.16 bits per heavy atom. The first kappa shape index (κ1) is 14.1. The van der Waals surface area contributed by atoms with E-state index >= 15 is 0 Å². The molecule has 0 saturated heterocycles. The molecule has 2 aromatic rings. The fourth-order valence-electron chi connectivity index (χ4n) is 2.50. The highest BCUT2D eigenvalue weighted by molar-refractivity contribution is 5.83. The zero-order valence-corrected chi connectivity index (χ0v) is 11.7. The van der Waals surface area contributed by atoms with Crippen LogP contribution in [0, 0.1) is 0 Å². The molecule has 3 heteroatoms. The van der Waals surface area contributed by atoms with Crippen LogP contribution in [0.1, 0.15) is 31.7 Å². The Balaban J connectivity index is 2.14. The van der Waals surface area contributed by atoms with Crippen LogP contribution in [0.15, 0.2) is 30.5 Å². The standard InChI is InChI=1S/C16H24N2O/c1-2-17-13-15-8-6-7-14-9-11-18(16(14)15)10-4-3-5-12-19/h6-9,11,17,19H,2-5,10,12-13H2,1H3. The van der Waals surface area contributed by atoms with E-state index in [2.05, 4.69) is 47.3 Å². The molecule has 0 saturated carbocycles. The monoisotopic (exact) mass is 260 g/mol. The van der Waals surface area contributed by atoms with Crippen molar-refractivity contribution in [2.45, 2.75) is 39.3 Å². The number of aryl methyl sites for hydroxylation is 1. The highest BCUT2D eigenvalue weighted by atomic mass is 16.2. The summed E-state index contributed by atoms with van der Waals surface area (Å²) in [5.74, 6) is 0. The predicted molar refractivity (Wildman–Crippen MR) is 80.3 cm³/mol. The highest BCUT2D eigenvalue weighted by Crippen LogP contribution is 2.21.